The summed E-state index contributed by atoms with van der Waals surface area (Å²) in [5.41, 5.74) is 1.34. The van der Waals surface area contributed by atoms with E-state index in [1.54, 1.807) is 0 Å². The van der Waals surface area contributed by atoms with Crippen LogP contribution in [0.2, 0.25) is 0 Å². The lowest BCUT2D eigenvalue weighted by molar-refractivity contribution is 0.141. The molecular weight excluding hydrogens is 184 g/mol. The molecule has 2 atom stereocenters. The van der Waals surface area contributed by atoms with E-state index in [0.717, 1.165) is 18.8 Å². The highest BCUT2D eigenvalue weighted by atomic mass is 16.3. The van der Waals surface area contributed by atoms with Gasteiger partial charge in [0.15, 0.2) is 0 Å². The predicted octanol–water partition coefficient (Wildman–Crippen LogP) is 3.34. The fourth-order valence-electron chi connectivity index (χ4n) is 2.16. The first-order valence-electron chi connectivity index (χ1n) is 5.98. The van der Waals surface area contributed by atoms with E-state index in [-0.39, 0.29) is 6.10 Å². The molecule has 0 heterocycles. The maximum Gasteiger partial charge on any atom is 0.0548 e. The van der Waals surface area contributed by atoms with E-state index in [4.69, 9.17) is 0 Å². The highest BCUT2D eigenvalue weighted by molar-refractivity contribution is 5.18. The van der Waals surface area contributed by atoms with E-state index in [1.807, 2.05) is 6.07 Å². The maximum atomic E-state index is 9.89. The van der Waals surface area contributed by atoms with E-state index in [0.29, 0.717) is 5.92 Å². The lowest BCUT2D eigenvalue weighted by atomic mass is 9.93. The molecule has 15 heavy (non-hydrogen) atoms. The van der Waals surface area contributed by atoms with Crippen LogP contribution in [0.5, 0.6) is 0 Å². The Morgan fingerprint density at radius 3 is 2.53 bits per heavy atom. The molecule has 0 saturated heterocycles. The molecule has 1 saturated carbocycles. The van der Waals surface area contributed by atoms with E-state index in [2.05, 4.69) is 31.2 Å². The Bertz CT molecular complexity index is 289. The lowest BCUT2D eigenvalue weighted by Gasteiger charge is -2.16. The first kappa shape index (κ1) is 10.7. The van der Waals surface area contributed by atoms with Gasteiger partial charge in [0.1, 0.15) is 0 Å². The van der Waals surface area contributed by atoms with Gasteiger partial charge in [0.2, 0.25) is 0 Å². The molecule has 82 valence electrons. The molecule has 1 aromatic rings. The Hall–Kier alpha value is -0.820. The minimum absolute atomic E-state index is 0.104. The van der Waals surface area contributed by atoms with E-state index < -0.39 is 0 Å². The van der Waals surface area contributed by atoms with Gasteiger partial charge in [0.25, 0.3) is 0 Å². The molecule has 1 N–H and O–H groups in total. The smallest absolute Gasteiger partial charge is 0.0548 e. The van der Waals surface area contributed by atoms with Crippen molar-refractivity contribution >= 4 is 0 Å². The molecule has 0 amide bonds. The number of benzene rings is 1. The van der Waals surface area contributed by atoms with Gasteiger partial charge < -0.3 is 5.11 Å². The van der Waals surface area contributed by atoms with Crippen LogP contribution < -0.4 is 0 Å². The van der Waals surface area contributed by atoms with Crippen LogP contribution >= 0.6 is 0 Å². The standard InChI is InChI=1S/C14H20O/c1-11(13-5-3-2-4-6-13)9-14(15)10-12-7-8-12/h2-6,11-12,14-15H,7-10H2,1H3. The first-order valence-corrected chi connectivity index (χ1v) is 5.98. The summed E-state index contributed by atoms with van der Waals surface area (Å²) in [6.45, 7) is 2.20. The van der Waals surface area contributed by atoms with Crippen LogP contribution in [-0.4, -0.2) is 11.2 Å². The van der Waals surface area contributed by atoms with Gasteiger partial charge in [-0.15, -0.1) is 0 Å². The molecule has 1 heteroatoms. The number of hydrogen-bond donors (Lipinski definition) is 1. The van der Waals surface area contributed by atoms with Crippen molar-refractivity contribution in [3.05, 3.63) is 35.9 Å². The second kappa shape index (κ2) is 4.80. The molecule has 1 aliphatic carbocycles. The highest BCUT2D eigenvalue weighted by Crippen LogP contribution is 2.35. The van der Waals surface area contributed by atoms with Crippen molar-refractivity contribution < 1.29 is 5.11 Å². The summed E-state index contributed by atoms with van der Waals surface area (Å²) < 4.78 is 0. The Morgan fingerprint density at radius 2 is 1.93 bits per heavy atom. The Labute approximate surface area is 92.1 Å². The van der Waals surface area contributed by atoms with Crippen LogP contribution in [-0.2, 0) is 0 Å². The normalized spacial score (nSPS) is 19.9. The van der Waals surface area contributed by atoms with Crippen molar-refractivity contribution in [3.63, 3.8) is 0 Å². The Kier molecular flexibility index (Phi) is 3.42. The third-order valence-electron chi connectivity index (χ3n) is 3.30. The molecule has 1 nitrogen and oxygen atoms in total. The molecule has 1 fully saturated rings. The summed E-state index contributed by atoms with van der Waals surface area (Å²) in [7, 11) is 0. The number of hydrogen-bond acceptors (Lipinski definition) is 1. The summed E-state index contributed by atoms with van der Waals surface area (Å²) in [4.78, 5) is 0. The molecule has 0 aromatic heterocycles. The molecule has 0 radical (unpaired) electrons. The zero-order valence-corrected chi connectivity index (χ0v) is 9.39. The zero-order valence-electron chi connectivity index (χ0n) is 9.39. The quantitative estimate of drug-likeness (QED) is 0.780. The fourth-order valence-corrected chi connectivity index (χ4v) is 2.16. The van der Waals surface area contributed by atoms with Crippen molar-refractivity contribution in [3.8, 4) is 0 Å². The minimum atomic E-state index is -0.104. The molecule has 1 aliphatic rings. The molecular formula is C14H20O. The van der Waals surface area contributed by atoms with Crippen LogP contribution in [0.15, 0.2) is 30.3 Å². The molecule has 0 spiro atoms. The predicted molar refractivity (Wildman–Crippen MR) is 62.8 cm³/mol. The molecule has 0 aliphatic heterocycles. The summed E-state index contributed by atoms with van der Waals surface area (Å²) in [6, 6.07) is 10.5. The van der Waals surface area contributed by atoms with Crippen LogP contribution in [0.1, 0.15) is 44.1 Å². The second-order valence-electron chi connectivity index (χ2n) is 4.88. The summed E-state index contributed by atoms with van der Waals surface area (Å²) in [5.74, 6) is 1.29. The number of aliphatic hydroxyl groups is 1. The lowest BCUT2D eigenvalue weighted by Crippen LogP contribution is -2.11. The van der Waals surface area contributed by atoms with Gasteiger partial charge in [0, 0.05) is 0 Å². The highest BCUT2D eigenvalue weighted by Gasteiger charge is 2.25. The SMILES string of the molecule is CC(CC(O)CC1CC1)c1ccccc1. The van der Waals surface area contributed by atoms with E-state index in [9.17, 15) is 5.11 Å². The summed E-state index contributed by atoms with van der Waals surface area (Å²) in [6.07, 6.45) is 4.47. The van der Waals surface area contributed by atoms with Gasteiger partial charge in [-0.3, -0.25) is 0 Å². The Balaban J connectivity index is 1.82. The molecule has 2 rings (SSSR count). The average molecular weight is 204 g/mol. The van der Waals surface area contributed by atoms with Gasteiger partial charge in [-0.1, -0.05) is 50.1 Å². The van der Waals surface area contributed by atoms with Gasteiger partial charge in [-0.05, 0) is 30.2 Å². The monoisotopic (exact) mass is 204 g/mol. The molecule has 2 unspecified atom stereocenters. The van der Waals surface area contributed by atoms with Crippen LogP contribution in [0.4, 0.5) is 0 Å². The van der Waals surface area contributed by atoms with Crippen LogP contribution in [0, 0.1) is 5.92 Å². The first-order chi connectivity index (χ1) is 7.25. The zero-order chi connectivity index (χ0) is 10.7. The number of rotatable bonds is 5. The van der Waals surface area contributed by atoms with Crippen LogP contribution in [0.25, 0.3) is 0 Å². The summed E-state index contributed by atoms with van der Waals surface area (Å²) >= 11 is 0. The van der Waals surface area contributed by atoms with Crippen LogP contribution in [0.3, 0.4) is 0 Å². The van der Waals surface area contributed by atoms with Crippen molar-refractivity contribution in [2.45, 2.75) is 44.6 Å². The average Bonchev–Trinajstić information content (AvgIpc) is 3.03. The largest absolute Gasteiger partial charge is 0.393 e. The van der Waals surface area contributed by atoms with Gasteiger partial charge in [0.05, 0.1) is 6.10 Å². The van der Waals surface area contributed by atoms with Gasteiger partial charge in [-0.25, -0.2) is 0 Å². The Morgan fingerprint density at radius 1 is 1.27 bits per heavy atom. The van der Waals surface area contributed by atoms with Gasteiger partial charge >= 0.3 is 0 Å². The fraction of sp³-hybridized carbons (Fsp3) is 0.571. The maximum absolute atomic E-state index is 9.89. The second-order valence-corrected chi connectivity index (χ2v) is 4.88. The third kappa shape index (κ3) is 3.35. The van der Waals surface area contributed by atoms with Crippen molar-refractivity contribution in [1.82, 2.24) is 0 Å². The van der Waals surface area contributed by atoms with Crippen molar-refractivity contribution in [1.29, 1.82) is 0 Å². The van der Waals surface area contributed by atoms with Crippen molar-refractivity contribution in [2.24, 2.45) is 5.92 Å². The van der Waals surface area contributed by atoms with Gasteiger partial charge in [-0.2, -0.15) is 0 Å². The molecule has 1 aromatic carbocycles. The topological polar surface area (TPSA) is 20.2 Å². The van der Waals surface area contributed by atoms with E-state index >= 15 is 0 Å². The van der Waals surface area contributed by atoms with E-state index in [1.165, 1.54) is 18.4 Å². The summed E-state index contributed by atoms with van der Waals surface area (Å²) in [5, 5.41) is 9.89. The van der Waals surface area contributed by atoms with Crippen molar-refractivity contribution in [2.75, 3.05) is 0 Å². The number of aliphatic hydroxyl groups excluding tert-OH is 1. The third-order valence-corrected chi connectivity index (χ3v) is 3.30. The minimum Gasteiger partial charge on any atom is -0.393 e. The molecule has 0 bridgehead atoms.